The van der Waals surface area contributed by atoms with Crippen molar-refractivity contribution < 1.29 is 0 Å². The van der Waals surface area contributed by atoms with Crippen LogP contribution in [-0.4, -0.2) is 40.4 Å². The van der Waals surface area contributed by atoms with E-state index in [-0.39, 0.29) is 11.6 Å². The minimum atomic E-state index is -0.0563. The van der Waals surface area contributed by atoms with Gasteiger partial charge in [-0.1, -0.05) is 13.8 Å². The summed E-state index contributed by atoms with van der Waals surface area (Å²) >= 11 is 0. The first-order valence-corrected chi connectivity index (χ1v) is 11.1. The number of nitrogens with zero attached hydrogens (tertiary/aromatic N) is 7. The van der Waals surface area contributed by atoms with Gasteiger partial charge in [-0.3, -0.25) is 9.78 Å². The number of fused-ring (bicyclic) bond motifs is 1. The zero-order valence-corrected chi connectivity index (χ0v) is 18.2. The number of rotatable bonds is 5. The molecule has 4 heterocycles. The number of hydrogen-bond acceptors (Lipinski definition) is 7. The average molecular weight is 431 g/mol. The summed E-state index contributed by atoms with van der Waals surface area (Å²) < 4.78 is 3.41. The van der Waals surface area contributed by atoms with E-state index in [2.05, 4.69) is 50.4 Å². The molecule has 1 saturated carbocycles. The largest absolute Gasteiger partial charge is 0.367 e. The van der Waals surface area contributed by atoms with Gasteiger partial charge in [0.05, 0.1) is 17.4 Å². The normalized spacial score (nSPS) is 18.8. The van der Waals surface area contributed by atoms with E-state index >= 15 is 0 Å². The quantitative estimate of drug-likeness (QED) is 0.517. The summed E-state index contributed by atoms with van der Waals surface area (Å²) in [6.45, 7) is 4.24. The Morgan fingerprint density at radius 2 is 1.84 bits per heavy atom. The zero-order valence-electron chi connectivity index (χ0n) is 18.2. The Balaban J connectivity index is 1.32. The standard InChI is InChI=1S/C23H26N8O/c1-15(2)20-13-21(31-23(28-20)25-14-26-31)27-17-3-5-18(6-4-17)30-22(32)8-7-19(29-30)16-9-11-24-12-10-16/h7-15,17-18,27H,3-6H2,1-2H3. The van der Waals surface area contributed by atoms with E-state index in [0.29, 0.717) is 17.7 Å². The molecule has 0 amide bonds. The molecule has 0 unspecified atom stereocenters. The molecule has 4 aromatic rings. The van der Waals surface area contributed by atoms with E-state index in [1.54, 1.807) is 33.7 Å². The van der Waals surface area contributed by atoms with Crippen LogP contribution in [0.4, 0.5) is 5.82 Å². The van der Waals surface area contributed by atoms with Crippen LogP contribution in [0.25, 0.3) is 17.0 Å². The van der Waals surface area contributed by atoms with Gasteiger partial charge in [0.15, 0.2) is 0 Å². The molecule has 164 valence electrons. The Morgan fingerprint density at radius 3 is 2.59 bits per heavy atom. The second kappa shape index (κ2) is 8.49. The van der Waals surface area contributed by atoms with Gasteiger partial charge in [0.2, 0.25) is 0 Å². The lowest BCUT2D eigenvalue weighted by atomic mass is 9.91. The predicted octanol–water partition coefficient (Wildman–Crippen LogP) is 3.46. The smallest absolute Gasteiger partial charge is 0.267 e. The predicted molar refractivity (Wildman–Crippen MR) is 122 cm³/mol. The molecule has 32 heavy (non-hydrogen) atoms. The number of hydrogen-bond donors (Lipinski definition) is 1. The fourth-order valence-corrected chi connectivity index (χ4v) is 4.27. The van der Waals surface area contributed by atoms with E-state index in [4.69, 9.17) is 0 Å². The zero-order chi connectivity index (χ0) is 22.1. The highest BCUT2D eigenvalue weighted by molar-refractivity contribution is 5.57. The summed E-state index contributed by atoms with van der Waals surface area (Å²) in [5.74, 6) is 1.82. The number of aromatic nitrogens is 7. The maximum atomic E-state index is 12.5. The van der Waals surface area contributed by atoms with Gasteiger partial charge < -0.3 is 5.32 Å². The molecule has 5 rings (SSSR count). The van der Waals surface area contributed by atoms with E-state index in [1.165, 1.54) is 6.33 Å². The van der Waals surface area contributed by atoms with Crippen LogP contribution < -0.4 is 10.9 Å². The van der Waals surface area contributed by atoms with Crippen LogP contribution in [0, 0.1) is 0 Å². The first kappa shape index (κ1) is 20.3. The molecule has 0 spiro atoms. The van der Waals surface area contributed by atoms with Crippen molar-refractivity contribution in [2.75, 3.05) is 5.32 Å². The SMILES string of the molecule is CC(C)c1cc(NC2CCC(n3nc(-c4ccncc4)ccc3=O)CC2)n2ncnc2n1. The van der Waals surface area contributed by atoms with Crippen molar-refractivity contribution in [1.82, 2.24) is 34.3 Å². The van der Waals surface area contributed by atoms with Crippen molar-refractivity contribution >= 4 is 11.6 Å². The van der Waals surface area contributed by atoms with Gasteiger partial charge in [-0.2, -0.15) is 19.7 Å². The number of anilines is 1. The van der Waals surface area contributed by atoms with Gasteiger partial charge >= 0.3 is 0 Å². The summed E-state index contributed by atoms with van der Waals surface area (Å²) in [7, 11) is 0. The third-order valence-corrected chi connectivity index (χ3v) is 6.06. The van der Waals surface area contributed by atoms with Crippen LogP contribution in [0.2, 0.25) is 0 Å². The minimum Gasteiger partial charge on any atom is -0.367 e. The van der Waals surface area contributed by atoms with Gasteiger partial charge in [-0.15, -0.1) is 0 Å². The topological polar surface area (TPSA) is 103 Å². The number of nitrogens with one attached hydrogen (secondary N) is 1. The Morgan fingerprint density at radius 1 is 1.06 bits per heavy atom. The Hall–Kier alpha value is -3.62. The molecule has 1 aliphatic rings. The van der Waals surface area contributed by atoms with Crippen LogP contribution in [-0.2, 0) is 0 Å². The molecule has 0 radical (unpaired) electrons. The van der Waals surface area contributed by atoms with Gasteiger partial charge in [0.25, 0.3) is 11.3 Å². The lowest BCUT2D eigenvalue weighted by molar-refractivity contribution is 0.304. The molecule has 9 nitrogen and oxygen atoms in total. The summed E-state index contributed by atoms with van der Waals surface area (Å²) in [4.78, 5) is 25.4. The molecule has 0 bridgehead atoms. The van der Waals surface area contributed by atoms with Crippen molar-refractivity contribution in [3.8, 4) is 11.3 Å². The first-order valence-electron chi connectivity index (χ1n) is 11.1. The molecule has 1 aliphatic carbocycles. The maximum Gasteiger partial charge on any atom is 0.267 e. The summed E-state index contributed by atoms with van der Waals surface area (Å²) in [6.07, 6.45) is 8.64. The van der Waals surface area contributed by atoms with Crippen molar-refractivity contribution in [3.63, 3.8) is 0 Å². The van der Waals surface area contributed by atoms with Crippen molar-refractivity contribution in [2.24, 2.45) is 0 Å². The van der Waals surface area contributed by atoms with Crippen molar-refractivity contribution in [3.05, 3.63) is 65.1 Å². The molecule has 1 fully saturated rings. The Labute approximate surface area is 185 Å². The van der Waals surface area contributed by atoms with Crippen LogP contribution in [0.15, 0.2) is 53.8 Å². The van der Waals surface area contributed by atoms with Crippen LogP contribution >= 0.6 is 0 Å². The van der Waals surface area contributed by atoms with Crippen LogP contribution in [0.3, 0.4) is 0 Å². The van der Waals surface area contributed by atoms with E-state index in [9.17, 15) is 4.79 Å². The van der Waals surface area contributed by atoms with Crippen molar-refractivity contribution in [1.29, 1.82) is 0 Å². The summed E-state index contributed by atoms with van der Waals surface area (Å²) in [5, 5.41) is 12.6. The average Bonchev–Trinajstić information content (AvgIpc) is 3.30. The Kier molecular flexibility index (Phi) is 5.38. The first-order chi connectivity index (χ1) is 15.6. The third-order valence-electron chi connectivity index (χ3n) is 6.06. The highest BCUT2D eigenvalue weighted by atomic mass is 16.1. The molecule has 1 N–H and O–H groups in total. The third kappa shape index (κ3) is 3.98. The summed E-state index contributed by atoms with van der Waals surface area (Å²) in [6, 6.07) is 9.64. The van der Waals surface area contributed by atoms with Gasteiger partial charge in [-0.25, -0.2) is 9.67 Å². The number of pyridine rings is 1. The van der Waals surface area contributed by atoms with Gasteiger partial charge in [-0.05, 0) is 49.8 Å². The maximum absolute atomic E-state index is 12.5. The van der Waals surface area contributed by atoms with Gasteiger partial charge in [0.1, 0.15) is 12.1 Å². The fraction of sp³-hybridized carbons (Fsp3) is 0.391. The lowest BCUT2D eigenvalue weighted by Crippen LogP contribution is -2.33. The molecule has 0 atom stereocenters. The second-order valence-electron chi connectivity index (χ2n) is 8.58. The molecular weight excluding hydrogens is 404 g/mol. The molecule has 0 saturated heterocycles. The van der Waals surface area contributed by atoms with Gasteiger partial charge in [0, 0.05) is 36.1 Å². The van der Waals surface area contributed by atoms with E-state index in [0.717, 1.165) is 48.5 Å². The molecule has 0 aliphatic heterocycles. The van der Waals surface area contributed by atoms with Crippen molar-refractivity contribution in [2.45, 2.75) is 57.5 Å². The lowest BCUT2D eigenvalue weighted by Gasteiger charge is -2.30. The van der Waals surface area contributed by atoms with E-state index in [1.807, 2.05) is 12.1 Å². The van der Waals surface area contributed by atoms with Crippen LogP contribution in [0.1, 0.15) is 57.2 Å². The molecule has 9 heteroatoms. The molecule has 0 aromatic carbocycles. The molecule has 4 aromatic heterocycles. The summed E-state index contributed by atoms with van der Waals surface area (Å²) in [5.41, 5.74) is 2.68. The Bertz CT molecular complexity index is 1270. The monoisotopic (exact) mass is 430 g/mol. The second-order valence-corrected chi connectivity index (χ2v) is 8.58. The highest BCUT2D eigenvalue weighted by Crippen LogP contribution is 2.30. The minimum absolute atomic E-state index is 0.0563. The fourth-order valence-electron chi connectivity index (χ4n) is 4.27. The molecular formula is C23H26N8O. The highest BCUT2D eigenvalue weighted by Gasteiger charge is 2.25. The van der Waals surface area contributed by atoms with E-state index < -0.39 is 0 Å². The van der Waals surface area contributed by atoms with Crippen LogP contribution in [0.5, 0.6) is 0 Å².